The molecule has 3 aromatic rings. The van der Waals surface area contributed by atoms with E-state index >= 15 is 0 Å². The Morgan fingerprint density at radius 3 is 2.00 bits per heavy atom. The van der Waals surface area contributed by atoms with E-state index in [9.17, 15) is 4.79 Å². The van der Waals surface area contributed by atoms with E-state index in [2.05, 4.69) is 28.9 Å². The molecule has 0 atom stereocenters. The summed E-state index contributed by atoms with van der Waals surface area (Å²) in [5.74, 6) is 0.620. The first-order chi connectivity index (χ1) is 13.2. The first-order valence-corrected chi connectivity index (χ1v) is 9.22. The molecule has 1 heterocycles. The summed E-state index contributed by atoms with van der Waals surface area (Å²) in [5.41, 5.74) is 2.23. The van der Waals surface area contributed by atoms with Gasteiger partial charge in [0.05, 0.1) is 6.54 Å². The largest absolute Gasteiger partial charge is 0.356 e. The molecule has 5 heteroatoms. The number of carbonyl (C=O) groups is 1. The van der Waals surface area contributed by atoms with Gasteiger partial charge in [-0.05, 0) is 43.7 Å². The highest BCUT2D eigenvalue weighted by Crippen LogP contribution is 2.20. The topological polar surface area (TPSA) is 49.3 Å². The van der Waals surface area contributed by atoms with Gasteiger partial charge in [0.15, 0.2) is 11.5 Å². The molecule has 2 aromatic carbocycles. The van der Waals surface area contributed by atoms with Crippen molar-refractivity contribution in [2.45, 2.75) is 20.4 Å². The van der Waals surface area contributed by atoms with Gasteiger partial charge in [-0.2, -0.15) is 0 Å². The summed E-state index contributed by atoms with van der Waals surface area (Å²) in [4.78, 5) is 17.0. The van der Waals surface area contributed by atoms with Crippen molar-refractivity contribution in [1.82, 2.24) is 10.2 Å². The number of amides is 1. The lowest BCUT2D eigenvalue weighted by molar-refractivity contribution is 0.0979. The van der Waals surface area contributed by atoms with Crippen LogP contribution in [0.3, 0.4) is 0 Å². The summed E-state index contributed by atoms with van der Waals surface area (Å²) in [6.45, 7) is 6.32. The van der Waals surface area contributed by atoms with Crippen molar-refractivity contribution in [3.8, 4) is 0 Å². The number of nitrogens with zero attached hydrogens (tertiary/aromatic N) is 4. The molecule has 0 aliphatic rings. The maximum absolute atomic E-state index is 13.2. The van der Waals surface area contributed by atoms with Gasteiger partial charge in [-0.3, -0.25) is 4.79 Å². The summed E-state index contributed by atoms with van der Waals surface area (Å²) < 4.78 is 0. The van der Waals surface area contributed by atoms with Gasteiger partial charge < -0.3 is 9.80 Å². The van der Waals surface area contributed by atoms with Gasteiger partial charge in [0.25, 0.3) is 5.91 Å². The Kier molecular flexibility index (Phi) is 6.15. The van der Waals surface area contributed by atoms with Crippen LogP contribution in [0.25, 0.3) is 0 Å². The van der Waals surface area contributed by atoms with Crippen molar-refractivity contribution in [2.75, 3.05) is 22.9 Å². The molecule has 0 saturated carbocycles. The van der Waals surface area contributed by atoms with E-state index in [-0.39, 0.29) is 5.91 Å². The zero-order chi connectivity index (χ0) is 19.1. The number of carbonyl (C=O) groups excluding carboxylic acids is 1. The van der Waals surface area contributed by atoms with Crippen LogP contribution in [-0.2, 0) is 6.54 Å². The second-order valence-corrected chi connectivity index (χ2v) is 6.16. The molecule has 1 amide bonds. The zero-order valence-corrected chi connectivity index (χ0v) is 15.7. The van der Waals surface area contributed by atoms with Gasteiger partial charge in [0, 0.05) is 18.8 Å². The third-order valence-electron chi connectivity index (χ3n) is 4.45. The molecule has 1 aromatic heterocycles. The van der Waals surface area contributed by atoms with Crippen molar-refractivity contribution < 1.29 is 4.79 Å². The van der Waals surface area contributed by atoms with Crippen LogP contribution < -0.4 is 9.80 Å². The molecule has 138 valence electrons. The summed E-state index contributed by atoms with van der Waals surface area (Å²) in [5, 5.41) is 8.45. The molecule has 0 aliphatic carbocycles. The van der Waals surface area contributed by atoms with E-state index in [4.69, 9.17) is 0 Å². The van der Waals surface area contributed by atoms with E-state index in [1.807, 2.05) is 66.7 Å². The summed E-state index contributed by atoms with van der Waals surface area (Å²) >= 11 is 0. The van der Waals surface area contributed by atoms with Crippen LogP contribution in [0.1, 0.15) is 29.9 Å². The minimum absolute atomic E-state index is 0.163. The fourth-order valence-electron chi connectivity index (χ4n) is 2.95. The Bertz CT molecular complexity index is 847. The molecule has 0 spiro atoms. The highest BCUT2D eigenvalue weighted by atomic mass is 16.2. The minimum Gasteiger partial charge on any atom is -0.356 e. The molecular formula is C22H24N4O. The third kappa shape index (κ3) is 4.50. The number of hydrogen-bond acceptors (Lipinski definition) is 4. The van der Waals surface area contributed by atoms with Crippen molar-refractivity contribution in [3.05, 3.63) is 84.1 Å². The van der Waals surface area contributed by atoms with E-state index in [0.717, 1.165) is 30.2 Å². The Morgan fingerprint density at radius 2 is 1.44 bits per heavy atom. The molecule has 0 aliphatic heterocycles. The molecule has 0 saturated heterocycles. The SMILES string of the molecule is CCN(CC)c1ccc(C(=O)N(Cc2ccccc2)c2ccccc2)nn1. The fourth-order valence-corrected chi connectivity index (χ4v) is 2.95. The monoisotopic (exact) mass is 360 g/mol. The van der Waals surface area contributed by atoms with Crippen molar-refractivity contribution in [2.24, 2.45) is 0 Å². The van der Waals surface area contributed by atoms with E-state index in [1.54, 1.807) is 11.0 Å². The second kappa shape index (κ2) is 8.94. The lowest BCUT2D eigenvalue weighted by atomic mass is 10.2. The van der Waals surface area contributed by atoms with Gasteiger partial charge in [0.2, 0.25) is 0 Å². The zero-order valence-electron chi connectivity index (χ0n) is 15.7. The van der Waals surface area contributed by atoms with Crippen LogP contribution in [0.15, 0.2) is 72.8 Å². The molecule has 0 radical (unpaired) electrons. The predicted molar refractivity (Wildman–Crippen MR) is 109 cm³/mol. The third-order valence-corrected chi connectivity index (χ3v) is 4.45. The van der Waals surface area contributed by atoms with Gasteiger partial charge in [-0.25, -0.2) is 0 Å². The smallest absolute Gasteiger partial charge is 0.279 e. The lowest BCUT2D eigenvalue weighted by Crippen LogP contribution is -2.31. The molecule has 5 nitrogen and oxygen atoms in total. The quantitative estimate of drug-likeness (QED) is 0.634. The molecule has 27 heavy (non-hydrogen) atoms. The number of benzene rings is 2. The molecule has 0 fully saturated rings. The molecule has 3 rings (SSSR count). The van der Waals surface area contributed by atoms with E-state index in [0.29, 0.717) is 12.2 Å². The van der Waals surface area contributed by atoms with Gasteiger partial charge in [-0.1, -0.05) is 48.5 Å². The first-order valence-electron chi connectivity index (χ1n) is 9.22. The summed E-state index contributed by atoms with van der Waals surface area (Å²) in [6, 6.07) is 23.2. The van der Waals surface area contributed by atoms with Gasteiger partial charge >= 0.3 is 0 Å². The number of rotatable bonds is 7. The van der Waals surface area contributed by atoms with Crippen LogP contribution in [0.4, 0.5) is 11.5 Å². The predicted octanol–water partition coefficient (Wildman–Crippen LogP) is 4.17. The minimum atomic E-state index is -0.163. The van der Waals surface area contributed by atoms with Crippen LogP contribution >= 0.6 is 0 Å². The van der Waals surface area contributed by atoms with E-state index in [1.165, 1.54) is 0 Å². The highest BCUT2D eigenvalue weighted by molar-refractivity contribution is 6.04. The number of aromatic nitrogens is 2. The molecule has 0 unspecified atom stereocenters. The van der Waals surface area contributed by atoms with Crippen molar-refractivity contribution in [1.29, 1.82) is 0 Å². The Morgan fingerprint density at radius 1 is 0.815 bits per heavy atom. The standard InChI is InChI=1S/C22H24N4O/c1-3-25(4-2)21-16-15-20(23-24-21)22(27)26(19-13-9-6-10-14-19)17-18-11-7-5-8-12-18/h5-16H,3-4,17H2,1-2H3. The average Bonchev–Trinajstić information content (AvgIpc) is 2.74. The number of anilines is 2. The molecular weight excluding hydrogens is 336 g/mol. The summed E-state index contributed by atoms with van der Waals surface area (Å²) in [6.07, 6.45) is 0. The average molecular weight is 360 g/mol. The summed E-state index contributed by atoms with van der Waals surface area (Å²) in [7, 11) is 0. The van der Waals surface area contributed by atoms with Crippen LogP contribution in [0.5, 0.6) is 0 Å². The number of hydrogen-bond donors (Lipinski definition) is 0. The Labute approximate surface area is 160 Å². The number of para-hydroxylation sites is 1. The van der Waals surface area contributed by atoms with Crippen LogP contribution in [0.2, 0.25) is 0 Å². The van der Waals surface area contributed by atoms with Crippen LogP contribution in [0, 0.1) is 0 Å². The van der Waals surface area contributed by atoms with Gasteiger partial charge in [-0.15, -0.1) is 10.2 Å². The maximum Gasteiger partial charge on any atom is 0.279 e. The van der Waals surface area contributed by atoms with Gasteiger partial charge in [0.1, 0.15) is 0 Å². The lowest BCUT2D eigenvalue weighted by Gasteiger charge is -2.23. The van der Waals surface area contributed by atoms with Crippen LogP contribution in [-0.4, -0.2) is 29.2 Å². The molecule has 0 N–H and O–H groups in total. The van der Waals surface area contributed by atoms with Crippen molar-refractivity contribution in [3.63, 3.8) is 0 Å². The normalized spacial score (nSPS) is 10.4. The fraction of sp³-hybridized carbons (Fsp3) is 0.227. The van der Waals surface area contributed by atoms with Crippen molar-refractivity contribution >= 4 is 17.4 Å². The highest BCUT2D eigenvalue weighted by Gasteiger charge is 2.20. The second-order valence-electron chi connectivity index (χ2n) is 6.16. The Hall–Kier alpha value is -3.21. The Balaban J connectivity index is 1.88. The maximum atomic E-state index is 13.2. The van der Waals surface area contributed by atoms with E-state index < -0.39 is 0 Å². The first kappa shape index (κ1) is 18.6. The molecule has 0 bridgehead atoms.